The Kier molecular flexibility index (Phi) is 7.66. The maximum atomic E-state index is 13.3. The number of carbonyl (C=O) groups is 1. The van der Waals surface area contributed by atoms with Gasteiger partial charge in [0, 0.05) is 16.8 Å². The van der Waals surface area contributed by atoms with Crippen molar-refractivity contribution in [3.63, 3.8) is 0 Å². The third-order valence-corrected chi connectivity index (χ3v) is 6.71. The highest BCUT2D eigenvalue weighted by Crippen LogP contribution is 2.28. The van der Waals surface area contributed by atoms with Crippen molar-refractivity contribution in [1.82, 2.24) is 0 Å². The first-order valence-electron chi connectivity index (χ1n) is 11.4. The zero-order valence-electron chi connectivity index (χ0n) is 19.8. The smallest absolute Gasteiger partial charge is 0.238 e. The molecule has 4 aromatic carbocycles. The van der Waals surface area contributed by atoms with Gasteiger partial charge in [-0.15, -0.1) is 0 Å². The predicted octanol–water partition coefficient (Wildman–Crippen LogP) is 4.09. The van der Waals surface area contributed by atoms with Crippen LogP contribution in [0, 0.1) is 5.41 Å². The Labute approximate surface area is 215 Å². The van der Waals surface area contributed by atoms with Crippen LogP contribution < -0.4 is 20.9 Å². The first-order chi connectivity index (χ1) is 17.7. The van der Waals surface area contributed by atoms with Crippen LogP contribution in [0.15, 0.2) is 108 Å². The minimum atomic E-state index is -3.89. The Balaban J connectivity index is 1.53. The van der Waals surface area contributed by atoms with E-state index in [4.69, 9.17) is 21.0 Å². The van der Waals surface area contributed by atoms with Gasteiger partial charge in [0.05, 0.1) is 10.8 Å². The van der Waals surface area contributed by atoms with Crippen molar-refractivity contribution in [3.8, 4) is 16.9 Å². The topological polar surface area (TPSA) is 148 Å². The molecule has 0 saturated heterocycles. The van der Waals surface area contributed by atoms with E-state index in [-0.39, 0.29) is 23.2 Å². The third kappa shape index (κ3) is 6.40. The van der Waals surface area contributed by atoms with Gasteiger partial charge < -0.3 is 15.8 Å². The minimum Gasteiger partial charge on any atom is -0.492 e. The lowest BCUT2D eigenvalue weighted by Crippen LogP contribution is -2.26. The standard InChI is InChI=1S/C28H26N4O4S/c29-27(30)21-9-6-10-23(17-21)36-18-25(19-7-2-1-3-8-19)28(33)32-22-15-13-20(14-16-22)24-11-4-5-12-26(24)37(31,34)35/h1-17,25H,18H2,(H3,29,30)(H,32,33)(H2,31,34,35). The number of nitrogens with one attached hydrogen (secondary N) is 2. The van der Waals surface area contributed by atoms with Gasteiger partial charge in [-0.05, 0) is 41.5 Å². The van der Waals surface area contributed by atoms with Gasteiger partial charge in [0.2, 0.25) is 15.9 Å². The van der Waals surface area contributed by atoms with Gasteiger partial charge in [-0.1, -0.05) is 72.8 Å². The van der Waals surface area contributed by atoms with Gasteiger partial charge >= 0.3 is 0 Å². The van der Waals surface area contributed by atoms with E-state index in [2.05, 4.69) is 5.32 Å². The van der Waals surface area contributed by atoms with Crippen molar-refractivity contribution < 1.29 is 17.9 Å². The lowest BCUT2D eigenvalue weighted by atomic mass is 9.98. The SMILES string of the molecule is N=C(N)c1cccc(OCC(C(=O)Nc2ccc(-c3ccccc3S(N)(=O)=O)cc2)c2ccccc2)c1. The van der Waals surface area contributed by atoms with Crippen LogP contribution in [0.5, 0.6) is 5.75 Å². The summed E-state index contributed by atoms with van der Waals surface area (Å²) >= 11 is 0. The van der Waals surface area contributed by atoms with E-state index in [1.807, 2.05) is 30.3 Å². The summed E-state index contributed by atoms with van der Waals surface area (Å²) in [5.41, 5.74) is 8.55. The average molecular weight is 515 g/mol. The van der Waals surface area contributed by atoms with Crippen LogP contribution in [-0.2, 0) is 14.8 Å². The predicted molar refractivity (Wildman–Crippen MR) is 144 cm³/mol. The van der Waals surface area contributed by atoms with Crippen LogP contribution in [0.3, 0.4) is 0 Å². The highest BCUT2D eigenvalue weighted by molar-refractivity contribution is 7.89. The van der Waals surface area contributed by atoms with Crippen LogP contribution in [-0.4, -0.2) is 26.8 Å². The van der Waals surface area contributed by atoms with Crippen LogP contribution in [0.1, 0.15) is 17.0 Å². The maximum Gasteiger partial charge on any atom is 0.238 e. The Hall–Kier alpha value is -4.47. The Morgan fingerprint density at radius 1 is 0.892 bits per heavy atom. The quantitative estimate of drug-likeness (QED) is 0.196. The number of amidine groups is 1. The molecule has 0 aliphatic carbocycles. The molecule has 1 atom stereocenters. The molecule has 0 aliphatic heterocycles. The van der Waals surface area contributed by atoms with E-state index < -0.39 is 15.9 Å². The van der Waals surface area contributed by atoms with Crippen LogP contribution in [0.2, 0.25) is 0 Å². The molecule has 0 fully saturated rings. The second kappa shape index (κ2) is 11.1. The molecule has 0 radical (unpaired) electrons. The molecule has 0 aliphatic rings. The highest BCUT2D eigenvalue weighted by Gasteiger charge is 2.22. The summed E-state index contributed by atoms with van der Waals surface area (Å²) in [4.78, 5) is 13.3. The molecule has 188 valence electrons. The molecule has 4 rings (SSSR count). The van der Waals surface area contributed by atoms with Crippen molar-refractivity contribution >= 4 is 27.5 Å². The molecule has 9 heteroatoms. The summed E-state index contributed by atoms with van der Waals surface area (Å²) in [5.74, 6) is -0.464. The second-order valence-corrected chi connectivity index (χ2v) is 9.85. The number of rotatable bonds is 9. The Bertz CT molecular complexity index is 1520. The summed E-state index contributed by atoms with van der Waals surface area (Å²) in [6.07, 6.45) is 0. The number of amides is 1. The minimum absolute atomic E-state index is 0.0296. The van der Waals surface area contributed by atoms with E-state index >= 15 is 0 Å². The number of hydrogen-bond acceptors (Lipinski definition) is 5. The van der Waals surface area contributed by atoms with Crippen molar-refractivity contribution in [2.75, 3.05) is 11.9 Å². The largest absolute Gasteiger partial charge is 0.492 e. The molecule has 37 heavy (non-hydrogen) atoms. The van der Waals surface area contributed by atoms with E-state index in [9.17, 15) is 13.2 Å². The van der Waals surface area contributed by atoms with Gasteiger partial charge in [-0.3, -0.25) is 10.2 Å². The number of nitrogens with two attached hydrogens (primary N) is 2. The Morgan fingerprint density at radius 3 is 2.24 bits per heavy atom. The number of ether oxygens (including phenoxy) is 1. The van der Waals surface area contributed by atoms with Crippen molar-refractivity contribution in [1.29, 1.82) is 5.41 Å². The fraction of sp³-hybridized carbons (Fsp3) is 0.0714. The summed E-state index contributed by atoms with van der Waals surface area (Å²) in [6, 6.07) is 29.4. The van der Waals surface area contributed by atoms with Gasteiger partial charge in [0.1, 0.15) is 18.2 Å². The molecule has 8 nitrogen and oxygen atoms in total. The molecular weight excluding hydrogens is 488 g/mol. The zero-order valence-corrected chi connectivity index (χ0v) is 20.6. The molecule has 1 unspecified atom stereocenters. The molecule has 0 heterocycles. The van der Waals surface area contributed by atoms with E-state index in [0.29, 0.717) is 28.1 Å². The number of anilines is 1. The van der Waals surface area contributed by atoms with Crippen LogP contribution >= 0.6 is 0 Å². The first kappa shape index (κ1) is 25.6. The van der Waals surface area contributed by atoms with Gasteiger partial charge in [0.15, 0.2) is 0 Å². The fourth-order valence-corrected chi connectivity index (χ4v) is 4.62. The van der Waals surface area contributed by atoms with E-state index in [1.54, 1.807) is 66.7 Å². The fourth-order valence-electron chi connectivity index (χ4n) is 3.86. The van der Waals surface area contributed by atoms with Crippen molar-refractivity contribution in [2.45, 2.75) is 10.8 Å². The van der Waals surface area contributed by atoms with Crippen LogP contribution in [0.4, 0.5) is 5.69 Å². The summed E-state index contributed by atoms with van der Waals surface area (Å²) in [7, 11) is -3.89. The van der Waals surface area contributed by atoms with Crippen LogP contribution in [0.25, 0.3) is 11.1 Å². The first-order valence-corrected chi connectivity index (χ1v) is 12.9. The van der Waals surface area contributed by atoms with Crippen molar-refractivity contribution in [2.24, 2.45) is 10.9 Å². The summed E-state index contributed by atoms with van der Waals surface area (Å²) in [6.45, 7) is 0.0665. The lowest BCUT2D eigenvalue weighted by Gasteiger charge is -2.19. The normalized spacial score (nSPS) is 11.9. The number of primary sulfonamides is 1. The molecule has 4 aromatic rings. The van der Waals surface area contributed by atoms with E-state index in [0.717, 1.165) is 5.56 Å². The lowest BCUT2D eigenvalue weighted by molar-refractivity contribution is -0.118. The number of benzene rings is 4. The number of hydrogen-bond donors (Lipinski definition) is 4. The zero-order chi connectivity index (χ0) is 26.4. The molecule has 1 amide bonds. The summed E-state index contributed by atoms with van der Waals surface area (Å²) in [5, 5.41) is 15.9. The number of sulfonamides is 1. The monoisotopic (exact) mass is 514 g/mol. The van der Waals surface area contributed by atoms with Gasteiger partial charge in [0.25, 0.3) is 0 Å². The third-order valence-electron chi connectivity index (χ3n) is 5.74. The van der Waals surface area contributed by atoms with Gasteiger partial charge in [-0.25, -0.2) is 13.6 Å². The molecule has 0 aromatic heterocycles. The maximum absolute atomic E-state index is 13.3. The summed E-state index contributed by atoms with van der Waals surface area (Å²) < 4.78 is 29.8. The Morgan fingerprint density at radius 2 is 1.57 bits per heavy atom. The highest BCUT2D eigenvalue weighted by atomic mass is 32.2. The molecule has 6 N–H and O–H groups in total. The number of carbonyl (C=O) groups excluding carboxylic acids is 1. The van der Waals surface area contributed by atoms with E-state index in [1.165, 1.54) is 6.07 Å². The molecule has 0 spiro atoms. The average Bonchev–Trinajstić information content (AvgIpc) is 2.89. The second-order valence-electron chi connectivity index (χ2n) is 8.32. The van der Waals surface area contributed by atoms with Crippen molar-refractivity contribution in [3.05, 3.63) is 114 Å². The van der Waals surface area contributed by atoms with Gasteiger partial charge in [-0.2, -0.15) is 0 Å². The number of nitrogen functional groups attached to an aromatic ring is 1. The molecule has 0 bridgehead atoms. The molecule has 0 saturated carbocycles. The molecular formula is C28H26N4O4S.